The summed E-state index contributed by atoms with van der Waals surface area (Å²) < 4.78 is 5.61. The summed E-state index contributed by atoms with van der Waals surface area (Å²) in [4.78, 5) is 26.8. The summed E-state index contributed by atoms with van der Waals surface area (Å²) in [5.41, 5.74) is 0.0890. The Morgan fingerprint density at radius 2 is 1.79 bits per heavy atom. The van der Waals surface area contributed by atoms with Gasteiger partial charge in [-0.25, -0.2) is 4.79 Å². The molecule has 1 saturated heterocycles. The molecule has 4 fully saturated rings. The standard InChI is InChI=1S/C31H54N2O5/c1-19(8-11-26(35)32-24(28(36)37)18-38-29(2,3)4)21-9-10-22-27-23(12-13-31(21,22)6)30(5)14-15-33(7)17-20(30)16-25(27)34/h19-25,27,34H,8-18H2,1-7H3,(H,32,35)(H,36,37)/t19-,20-,21-,22+,23+,24+,25+,27+,30+,31-/m1/s1. The van der Waals surface area contributed by atoms with Gasteiger partial charge in [-0.1, -0.05) is 20.8 Å². The Balaban J connectivity index is 1.37. The maximum absolute atomic E-state index is 12.7. The molecule has 4 rings (SSSR count). The number of aliphatic carboxylic acids is 1. The van der Waals surface area contributed by atoms with Gasteiger partial charge in [0.25, 0.3) is 0 Å². The third kappa shape index (κ3) is 5.81. The van der Waals surface area contributed by atoms with E-state index in [0.29, 0.717) is 47.3 Å². The molecule has 1 aliphatic heterocycles. The molecule has 7 heteroatoms. The van der Waals surface area contributed by atoms with E-state index in [-0.39, 0.29) is 24.0 Å². The Morgan fingerprint density at radius 1 is 1.11 bits per heavy atom. The molecule has 218 valence electrons. The largest absolute Gasteiger partial charge is 0.480 e. The molecule has 3 aliphatic carbocycles. The first-order chi connectivity index (χ1) is 17.7. The Hall–Kier alpha value is -1.18. The van der Waals surface area contributed by atoms with E-state index >= 15 is 0 Å². The highest BCUT2D eigenvalue weighted by molar-refractivity contribution is 5.83. The maximum Gasteiger partial charge on any atom is 0.328 e. The number of ether oxygens (including phenoxy) is 1. The van der Waals surface area contributed by atoms with Gasteiger partial charge in [-0.05, 0) is 126 Å². The molecule has 3 N–H and O–H groups in total. The molecule has 10 atom stereocenters. The molecule has 3 saturated carbocycles. The number of hydrogen-bond acceptors (Lipinski definition) is 5. The van der Waals surface area contributed by atoms with Gasteiger partial charge in [0.2, 0.25) is 5.91 Å². The van der Waals surface area contributed by atoms with Gasteiger partial charge < -0.3 is 25.2 Å². The Bertz CT molecular complexity index is 873. The number of nitrogens with one attached hydrogen (secondary N) is 1. The fraction of sp³-hybridized carbons (Fsp3) is 0.935. The summed E-state index contributed by atoms with van der Waals surface area (Å²) in [5, 5.41) is 23.7. The third-order valence-electron chi connectivity index (χ3n) is 11.6. The Kier molecular flexibility index (Phi) is 8.63. The van der Waals surface area contributed by atoms with E-state index in [1.807, 2.05) is 20.8 Å². The summed E-state index contributed by atoms with van der Waals surface area (Å²) >= 11 is 0. The number of carboxylic acid groups (broad SMARTS) is 1. The highest BCUT2D eigenvalue weighted by Gasteiger charge is 2.62. The normalized spacial score (nSPS) is 40.9. The molecule has 4 aliphatic rings. The number of rotatable bonds is 8. The molecule has 7 nitrogen and oxygen atoms in total. The van der Waals surface area contributed by atoms with E-state index in [9.17, 15) is 19.8 Å². The Morgan fingerprint density at radius 3 is 2.45 bits per heavy atom. The van der Waals surface area contributed by atoms with Gasteiger partial charge in [0.1, 0.15) is 0 Å². The molecular formula is C31H54N2O5. The molecule has 0 aromatic heterocycles. The van der Waals surface area contributed by atoms with Crippen molar-refractivity contribution in [2.75, 3.05) is 26.7 Å². The first-order valence-corrected chi connectivity index (χ1v) is 15.2. The van der Waals surface area contributed by atoms with Crippen LogP contribution in [-0.2, 0) is 14.3 Å². The molecule has 38 heavy (non-hydrogen) atoms. The van der Waals surface area contributed by atoms with Crippen molar-refractivity contribution in [3.63, 3.8) is 0 Å². The van der Waals surface area contributed by atoms with Crippen molar-refractivity contribution in [3.05, 3.63) is 0 Å². The maximum atomic E-state index is 12.7. The molecule has 0 bridgehead atoms. The second-order valence-electron chi connectivity index (χ2n) is 14.9. The Labute approximate surface area is 230 Å². The van der Waals surface area contributed by atoms with Crippen LogP contribution in [0.5, 0.6) is 0 Å². The third-order valence-corrected chi connectivity index (χ3v) is 11.6. The fourth-order valence-corrected chi connectivity index (χ4v) is 9.40. The summed E-state index contributed by atoms with van der Waals surface area (Å²) in [6, 6.07) is -1.03. The zero-order valence-corrected chi connectivity index (χ0v) is 25.0. The average Bonchev–Trinajstić information content (AvgIpc) is 3.17. The smallest absolute Gasteiger partial charge is 0.328 e. The van der Waals surface area contributed by atoms with Crippen LogP contribution in [0.3, 0.4) is 0 Å². The summed E-state index contributed by atoms with van der Waals surface area (Å²) in [7, 11) is 2.22. The molecule has 1 amide bonds. The molecule has 1 heterocycles. The number of fused-ring (bicyclic) bond motifs is 5. The number of amides is 1. The molecule has 0 aromatic rings. The lowest BCUT2D eigenvalue weighted by Gasteiger charge is -2.62. The van der Waals surface area contributed by atoms with Crippen LogP contribution in [0.4, 0.5) is 0 Å². The van der Waals surface area contributed by atoms with Crippen LogP contribution >= 0.6 is 0 Å². The van der Waals surface area contributed by atoms with Crippen molar-refractivity contribution in [1.82, 2.24) is 10.2 Å². The average molecular weight is 535 g/mol. The van der Waals surface area contributed by atoms with E-state index in [4.69, 9.17) is 4.74 Å². The lowest BCUT2D eigenvalue weighted by atomic mass is 9.44. The highest BCUT2D eigenvalue weighted by Crippen LogP contribution is 2.67. The molecule has 0 radical (unpaired) electrons. The zero-order valence-electron chi connectivity index (χ0n) is 25.0. The van der Waals surface area contributed by atoms with Crippen molar-refractivity contribution in [1.29, 1.82) is 0 Å². The fourth-order valence-electron chi connectivity index (χ4n) is 9.40. The minimum Gasteiger partial charge on any atom is -0.480 e. The van der Waals surface area contributed by atoms with Crippen LogP contribution in [0.1, 0.15) is 92.9 Å². The number of aliphatic hydroxyl groups excluding tert-OH is 1. The van der Waals surface area contributed by atoms with Gasteiger partial charge in [0.15, 0.2) is 6.04 Å². The number of carbonyl (C=O) groups excluding carboxylic acids is 1. The van der Waals surface area contributed by atoms with E-state index in [1.54, 1.807) is 0 Å². The van der Waals surface area contributed by atoms with Crippen LogP contribution in [0.2, 0.25) is 0 Å². The lowest BCUT2D eigenvalue weighted by molar-refractivity contribution is -0.170. The SMILES string of the molecule is C[C@H](CCC(=O)N[C@@H](COC(C)(C)C)C(=O)O)[C@H]1CC[C@H]2[C@@H]3[C@@H](O)C[C@@H]4CN(C)CC[C@]4(C)[C@H]3CC[C@]12C. The first kappa shape index (κ1) is 29.8. The summed E-state index contributed by atoms with van der Waals surface area (Å²) in [6.07, 6.45) is 7.86. The first-order valence-electron chi connectivity index (χ1n) is 15.2. The van der Waals surface area contributed by atoms with Gasteiger partial charge in [0, 0.05) is 13.0 Å². The second-order valence-corrected chi connectivity index (χ2v) is 14.9. The van der Waals surface area contributed by atoms with E-state index in [0.717, 1.165) is 19.4 Å². The molecule has 0 unspecified atom stereocenters. The van der Waals surface area contributed by atoms with Crippen LogP contribution in [0, 0.1) is 46.3 Å². The van der Waals surface area contributed by atoms with E-state index in [2.05, 4.69) is 38.0 Å². The van der Waals surface area contributed by atoms with Crippen molar-refractivity contribution < 1.29 is 24.5 Å². The molecule has 0 aromatic carbocycles. The molecular weight excluding hydrogens is 480 g/mol. The predicted molar refractivity (Wildman–Crippen MR) is 149 cm³/mol. The zero-order chi connectivity index (χ0) is 28.0. The number of carbonyl (C=O) groups is 2. The van der Waals surface area contributed by atoms with Gasteiger partial charge in [0.05, 0.1) is 18.3 Å². The van der Waals surface area contributed by atoms with Gasteiger partial charge in [-0.3, -0.25) is 4.79 Å². The number of carboxylic acids is 1. The van der Waals surface area contributed by atoms with Crippen molar-refractivity contribution in [2.24, 2.45) is 46.3 Å². The number of hydrogen-bond donors (Lipinski definition) is 3. The van der Waals surface area contributed by atoms with Crippen LogP contribution in [0.25, 0.3) is 0 Å². The van der Waals surface area contributed by atoms with Crippen molar-refractivity contribution in [2.45, 2.75) is 111 Å². The van der Waals surface area contributed by atoms with Gasteiger partial charge in [-0.15, -0.1) is 0 Å². The van der Waals surface area contributed by atoms with Crippen LogP contribution in [0.15, 0.2) is 0 Å². The van der Waals surface area contributed by atoms with Crippen molar-refractivity contribution in [3.8, 4) is 0 Å². The van der Waals surface area contributed by atoms with Crippen molar-refractivity contribution >= 4 is 11.9 Å². The van der Waals surface area contributed by atoms with E-state index < -0.39 is 17.6 Å². The predicted octanol–water partition coefficient (Wildman–Crippen LogP) is 4.57. The number of likely N-dealkylation sites (tertiary alicyclic amines) is 1. The van der Waals surface area contributed by atoms with Gasteiger partial charge in [-0.2, -0.15) is 0 Å². The van der Waals surface area contributed by atoms with Gasteiger partial charge >= 0.3 is 5.97 Å². The second kappa shape index (κ2) is 11.0. The highest BCUT2D eigenvalue weighted by atomic mass is 16.5. The summed E-state index contributed by atoms with van der Waals surface area (Å²) in [6.45, 7) is 15.1. The number of piperidine rings is 1. The summed E-state index contributed by atoms with van der Waals surface area (Å²) in [5.74, 6) is 1.81. The van der Waals surface area contributed by atoms with E-state index in [1.165, 1.54) is 38.6 Å². The monoisotopic (exact) mass is 534 g/mol. The minimum absolute atomic E-state index is 0.0382. The number of nitrogens with zero attached hydrogens (tertiary/aromatic N) is 1. The topological polar surface area (TPSA) is 99.1 Å². The lowest BCUT2D eigenvalue weighted by Crippen LogP contribution is -2.60. The van der Waals surface area contributed by atoms with Crippen LogP contribution in [-0.4, -0.2) is 71.5 Å². The minimum atomic E-state index is -1.06. The quantitative estimate of drug-likeness (QED) is 0.422. The number of aliphatic hydroxyl groups is 1. The molecule has 0 spiro atoms. The van der Waals surface area contributed by atoms with Crippen LogP contribution < -0.4 is 5.32 Å².